The van der Waals surface area contributed by atoms with E-state index in [1.807, 2.05) is 0 Å². The molecule has 2 rings (SSSR count). The van der Waals surface area contributed by atoms with Crippen molar-refractivity contribution in [2.45, 2.75) is 28.8 Å². The minimum absolute atomic E-state index is 0.0292. The highest BCUT2D eigenvalue weighted by molar-refractivity contribution is 8.00. The van der Waals surface area contributed by atoms with Crippen molar-refractivity contribution in [3.05, 3.63) is 29.8 Å². The summed E-state index contributed by atoms with van der Waals surface area (Å²) >= 11 is -0.268. The number of hydrogen-bond acceptors (Lipinski definition) is 4. The lowest BCUT2D eigenvalue weighted by molar-refractivity contribution is -0.138. The Morgan fingerprint density at radius 3 is 2.43 bits per heavy atom. The molecule has 0 bridgehead atoms. The molecule has 1 aromatic carbocycles. The van der Waals surface area contributed by atoms with Crippen LogP contribution in [0.2, 0.25) is 0 Å². The lowest BCUT2D eigenvalue weighted by atomic mass is 9.94. The number of carboxylic acid groups (broad SMARTS) is 1. The van der Waals surface area contributed by atoms with Crippen LogP contribution in [0.25, 0.3) is 0 Å². The van der Waals surface area contributed by atoms with Crippen LogP contribution in [-0.2, 0) is 9.53 Å². The molecule has 0 radical (unpaired) electrons. The number of ether oxygens (including phenoxy) is 1. The molecule has 0 saturated carbocycles. The van der Waals surface area contributed by atoms with Gasteiger partial charge in [0.25, 0.3) is 5.91 Å². The molecule has 126 valence electrons. The van der Waals surface area contributed by atoms with Crippen LogP contribution in [0.5, 0.6) is 0 Å². The molecule has 1 amide bonds. The van der Waals surface area contributed by atoms with E-state index in [2.05, 4.69) is 5.32 Å². The van der Waals surface area contributed by atoms with Gasteiger partial charge in [-0.3, -0.25) is 9.59 Å². The van der Waals surface area contributed by atoms with Crippen LogP contribution in [0.15, 0.2) is 29.2 Å². The van der Waals surface area contributed by atoms with Crippen molar-refractivity contribution >= 4 is 23.6 Å². The van der Waals surface area contributed by atoms with Crippen LogP contribution in [0.1, 0.15) is 23.2 Å². The SMILES string of the molecule is O=C(O)CC1(NC(=O)c2ccc(SC(F)(F)F)cc2)CCOC1. The second kappa shape index (κ2) is 6.79. The summed E-state index contributed by atoms with van der Waals surface area (Å²) in [6.07, 6.45) is 0.0911. The van der Waals surface area contributed by atoms with E-state index < -0.39 is 22.9 Å². The van der Waals surface area contributed by atoms with E-state index >= 15 is 0 Å². The number of amides is 1. The molecule has 1 aliphatic heterocycles. The molecule has 23 heavy (non-hydrogen) atoms. The summed E-state index contributed by atoms with van der Waals surface area (Å²) in [5.41, 5.74) is -5.22. The molecule has 0 aliphatic carbocycles. The summed E-state index contributed by atoms with van der Waals surface area (Å²) in [7, 11) is 0. The van der Waals surface area contributed by atoms with Gasteiger partial charge in [0.1, 0.15) is 0 Å². The fraction of sp³-hybridized carbons (Fsp3) is 0.429. The van der Waals surface area contributed by atoms with Gasteiger partial charge in [0.15, 0.2) is 0 Å². The average molecular weight is 349 g/mol. The molecule has 9 heteroatoms. The first kappa shape index (κ1) is 17.6. The van der Waals surface area contributed by atoms with E-state index in [-0.39, 0.29) is 35.2 Å². The van der Waals surface area contributed by atoms with Crippen molar-refractivity contribution in [3.8, 4) is 0 Å². The Morgan fingerprint density at radius 2 is 1.96 bits per heavy atom. The van der Waals surface area contributed by atoms with E-state index in [1.165, 1.54) is 24.3 Å². The first-order chi connectivity index (χ1) is 10.7. The number of thioether (sulfide) groups is 1. The topological polar surface area (TPSA) is 75.6 Å². The number of nitrogens with one attached hydrogen (secondary N) is 1. The average Bonchev–Trinajstić information content (AvgIpc) is 2.84. The number of carbonyl (C=O) groups is 2. The number of rotatable bonds is 5. The first-order valence-corrected chi connectivity index (χ1v) is 7.49. The Labute approximate surface area is 134 Å². The monoisotopic (exact) mass is 349 g/mol. The molecule has 1 heterocycles. The standard InChI is InChI=1S/C14H14F3NO4S/c15-14(16,17)23-10-3-1-9(2-4-10)12(21)18-13(7-11(19)20)5-6-22-8-13/h1-4H,5-8H2,(H,18,21)(H,19,20). The van der Waals surface area contributed by atoms with Crippen LogP contribution in [-0.4, -0.2) is 41.2 Å². The fourth-order valence-corrected chi connectivity index (χ4v) is 2.84. The van der Waals surface area contributed by atoms with Crippen LogP contribution in [0.3, 0.4) is 0 Å². The summed E-state index contributed by atoms with van der Waals surface area (Å²) in [4.78, 5) is 23.1. The van der Waals surface area contributed by atoms with Gasteiger partial charge in [0, 0.05) is 17.1 Å². The van der Waals surface area contributed by atoms with Gasteiger partial charge in [-0.2, -0.15) is 13.2 Å². The molecule has 5 nitrogen and oxygen atoms in total. The highest BCUT2D eigenvalue weighted by Gasteiger charge is 2.38. The lowest BCUT2D eigenvalue weighted by Crippen LogP contribution is -2.50. The van der Waals surface area contributed by atoms with Gasteiger partial charge in [-0.05, 0) is 42.4 Å². The highest BCUT2D eigenvalue weighted by atomic mass is 32.2. The van der Waals surface area contributed by atoms with Crippen molar-refractivity contribution in [1.29, 1.82) is 0 Å². The Kier molecular flexibility index (Phi) is 5.20. The molecule has 1 fully saturated rings. The summed E-state index contributed by atoms with van der Waals surface area (Å²) in [5.74, 6) is -1.60. The first-order valence-electron chi connectivity index (χ1n) is 6.67. The third-order valence-electron chi connectivity index (χ3n) is 3.32. The van der Waals surface area contributed by atoms with Crippen molar-refractivity contribution in [2.24, 2.45) is 0 Å². The number of carbonyl (C=O) groups excluding carboxylic acids is 1. The molecular weight excluding hydrogens is 335 g/mol. The largest absolute Gasteiger partial charge is 0.481 e. The summed E-state index contributed by atoms with van der Waals surface area (Å²) in [6, 6.07) is 4.94. The molecular formula is C14H14F3NO4S. The van der Waals surface area contributed by atoms with E-state index in [9.17, 15) is 22.8 Å². The summed E-state index contributed by atoms with van der Waals surface area (Å²) in [6.45, 7) is 0.432. The van der Waals surface area contributed by atoms with E-state index in [0.717, 1.165) is 0 Å². The van der Waals surface area contributed by atoms with Crippen molar-refractivity contribution in [3.63, 3.8) is 0 Å². The smallest absolute Gasteiger partial charge is 0.446 e. The maximum Gasteiger partial charge on any atom is 0.446 e. The number of benzene rings is 1. The molecule has 1 saturated heterocycles. The maximum atomic E-state index is 12.3. The lowest BCUT2D eigenvalue weighted by Gasteiger charge is -2.27. The molecule has 2 N–H and O–H groups in total. The van der Waals surface area contributed by atoms with Gasteiger partial charge in [-0.15, -0.1) is 0 Å². The summed E-state index contributed by atoms with van der Waals surface area (Å²) < 4.78 is 41.9. The maximum absolute atomic E-state index is 12.3. The zero-order chi connectivity index (χ0) is 17.1. The van der Waals surface area contributed by atoms with E-state index in [0.29, 0.717) is 13.0 Å². The summed E-state index contributed by atoms with van der Waals surface area (Å²) in [5, 5.41) is 11.6. The van der Waals surface area contributed by atoms with Gasteiger partial charge in [-0.25, -0.2) is 0 Å². The number of halogens is 3. The number of carboxylic acids is 1. The predicted molar refractivity (Wildman–Crippen MR) is 76.2 cm³/mol. The zero-order valence-electron chi connectivity index (χ0n) is 11.9. The Morgan fingerprint density at radius 1 is 1.30 bits per heavy atom. The second-order valence-corrected chi connectivity index (χ2v) is 6.32. The van der Waals surface area contributed by atoms with Crippen molar-refractivity contribution < 1.29 is 32.6 Å². The van der Waals surface area contributed by atoms with Crippen molar-refractivity contribution in [1.82, 2.24) is 5.32 Å². The van der Waals surface area contributed by atoms with Gasteiger partial charge in [-0.1, -0.05) is 0 Å². The highest BCUT2D eigenvalue weighted by Crippen LogP contribution is 2.36. The van der Waals surface area contributed by atoms with Crippen LogP contribution >= 0.6 is 11.8 Å². The van der Waals surface area contributed by atoms with Gasteiger partial charge in [0.2, 0.25) is 0 Å². The molecule has 1 unspecified atom stereocenters. The third-order valence-corrected chi connectivity index (χ3v) is 4.06. The minimum atomic E-state index is -4.39. The predicted octanol–water partition coefficient (Wildman–Crippen LogP) is 2.66. The second-order valence-electron chi connectivity index (χ2n) is 5.18. The molecule has 1 atom stereocenters. The molecule has 1 aromatic rings. The number of alkyl halides is 3. The fourth-order valence-electron chi connectivity index (χ4n) is 2.30. The van der Waals surface area contributed by atoms with E-state index in [4.69, 9.17) is 9.84 Å². The van der Waals surface area contributed by atoms with Crippen molar-refractivity contribution in [2.75, 3.05) is 13.2 Å². The quantitative estimate of drug-likeness (QED) is 0.800. The Balaban J connectivity index is 2.06. The van der Waals surface area contributed by atoms with Crippen LogP contribution in [0.4, 0.5) is 13.2 Å². The minimum Gasteiger partial charge on any atom is -0.481 e. The molecule has 1 aliphatic rings. The molecule has 0 aromatic heterocycles. The Hall–Kier alpha value is -1.74. The normalized spacial score (nSPS) is 21.2. The number of hydrogen-bond donors (Lipinski definition) is 2. The Bertz CT molecular complexity index is 583. The zero-order valence-corrected chi connectivity index (χ0v) is 12.7. The third kappa shape index (κ3) is 5.14. The van der Waals surface area contributed by atoms with Gasteiger partial charge < -0.3 is 15.2 Å². The van der Waals surface area contributed by atoms with Crippen LogP contribution < -0.4 is 5.32 Å². The van der Waals surface area contributed by atoms with E-state index in [1.54, 1.807) is 0 Å². The number of aliphatic carboxylic acids is 1. The van der Waals surface area contributed by atoms with Crippen LogP contribution in [0, 0.1) is 0 Å². The van der Waals surface area contributed by atoms with Gasteiger partial charge in [0.05, 0.1) is 18.6 Å². The van der Waals surface area contributed by atoms with Gasteiger partial charge >= 0.3 is 11.5 Å². The molecule has 0 spiro atoms.